The molecule has 3 aromatic rings. The molecule has 5 heteroatoms. The molecule has 0 saturated carbocycles. The molecule has 0 N–H and O–H groups in total. The van der Waals surface area contributed by atoms with Gasteiger partial charge in [-0.1, -0.05) is 66.7 Å². The highest BCUT2D eigenvalue weighted by atomic mass is 35.5. The number of anilines is 1. The van der Waals surface area contributed by atoms with Crippen molar-refractivity contribution in [2.75, 3.05) is 29.7 Å². The number of nitrogens with zero attached hydrogens (tertiary/aromatic N) is 2. The highest BCUT2D eigenvalue weighted by Crippen LogP contribution is 2.48. The molecule has 0 fully saturated rings. The molecule has 0 bridgehead atoms. The minimum atomic E-state index is -0.819. The third-order valence-corrected chi connectivity index (χ3v) is 5.76. The van der Waals surface area contributed by atoms with Crippen molar-refractivity contribution in [1.82, 2.24) is 4.90 Å². The molecule has 1 aliphatic heterocycles. The predicted octanol–water partition coefficient (Wildman–Crippen LogP) is 5.33. The summed E-state index contributed by atoms with van der Waals surface area (Å²) in [5, 5.41) is 0. The first kappa shape index (κ1) is 20.0. The van der Waals surface area contributed by atoms with E-state index in [0.717, 1.165) is 16.8 Å². The third kappa shape index (κ3) is 3.24. The van der Waals surface area contributed by atoms with Crippen LogP contribution in [0.1, 0.15) is 21.5 Å². The van der Waals surface area contributed by atoms with Gasteiger partial charge >= 0.3 is 0 Å². The first-order valence-electron chi connectivity index (χ1n) is 9.66. The van der Waals surface area contributed by atoms with Crippen LogP contribution in [0.2, 0.25) is 0 Å². The molecule has 0 unspecified atom stereocenters. The molecule has 1 amide bonds. The predicted molar refractivity (Wildman–Crippen MR) is 120 cm³/mol. The Kier molecular flexibility index (Phi) is 5.91. The molecule has 0 aromatic heterocycles. The summed E-state index contributed by atoms with van der Waals surface area (Å²) in [6, 6.07) is 27.8. The Morgan fingerprint density at radius 2 is 1.31 bits per heavy atom. The highest BCUT2D eigenvalue weighted by molar-refractivity contribution is 6.18. The van der Waals surface area contributed by atoms with Crippen molar-refractivity contribution in [2.45, 2.75) is 5.66 Å². The molecule has 3 aromatic carbocycles. The van der Waals surface area contributed by atoms with Crippen LogP contribution in [0.5, 0.6) is 0 Å². The van der Waals surface area contributed by atoms with Crippen LogP contribution in [0.3, 0.4) is 0 Å². The maximum Gasteiger partial charge on any atom is 0.260 e. The van der Waals surface area contributed by atoms with E-state index in [1.54, 1.807) is 0 Å². The van der Waals surface area contributed by atoms with E-state index in [-0.39, 0.29) is 5.91 Å². The number of amides is 1. The minimum absolute atomic E-state index is 0.0233. The number of carbonyl (C=O) groups excluding carboxylic acids is 1. The van der Waals surface area contributed by atoms with E-state index in [2.05, 4.69) is 17.0 Å². The van der Waals surface area contributed by atoms with Gasteiger partial charge in [0.25, 0.3) is 5.91 Å². The Labute approximate surface area is 181 Å². The highest BCUT2D eigenvalue weighted by Gasteiger charge is 2.54. The Morgan fingerprint density at radius 3 is 1.93 bits per heavy atom. The summed E-state index contributed by atoms with van der Waals surface area (Å²) in [5.41, 5.74) is 2.69. The van der Waals surface area contributed by atoms with Crippen LogP contribution < -0.4 is 4.90 Å². The quantitative estimate of drug-likeness (QED) is 0.478. The molecule has 0 spiro atoms. The van der Waals surface area contributed by atoms with Gasteiger partial charge in [-0.3, -0.25) is 14.6 Å². The third-order valence-electron chi connectivity index (χ3n) is 5.42. The maximum absolute atomic E-state index is 13.7. The molecule has 0 aliphatic carbocycles. The largest absolute Gasteiger partial charge is 0.281 e. The van der Waals surface area contributed by atoms with Crippen molar-refractivity contribution < 1.29 is 4.79 Å². The van der Waals surface area contributed by atoms with Gasteiger partial charge in [0.1, 0.15) is 0 Å². The van der Waals surface area contributed by atoms with Crippen LogP contribution in [0.15, 0.2) is 84.9 Å². The smallest absolute Gasteiger partial charge is 0.260 e. The van der Waals surface area contributed by atoms with Crippen molar-refractivity contribution in [3.8, 4) is 0 Å². The number of rotatable bonds is 7. The van der Waals surface area contributed by atoms with Gasteiger partial charge in [0.15, 0.2) is 5.66 Å². The summed E-state index contributed by atoms with van der Waals surface area (Å²) in [6.07, 6.45) is 0. The van der Waals surface area contributed by atoms with E-state index in [9.17, 15) is 4.79 Å². The van der Waals surface area contributed by atoms with E-state index in [0.29, 0.717) is 30.4 Å². The summed E-state index contributed by atoms with van der Waals surface area (Å²) < 4.78 is 0. The van der Waals surface area contributed by atoms with Crippen LogP contribution in [0.25, 0.3) is 0 Å². The molecule has 0 saturated heterocycles. The lowest BCUT2D eigenvalue weighted by atomic mass is 9.88. The van der Waals surface area contributed by atoms with Gasteiger partial charge < -0.3 is 0 Å². The zero-order valence-corrected chi connectivity index (χ0v) is 17.5. The lowest BCUT2D eigenvalue weighted by molar-refractivity contribution is 0.0892. The number of benzene rings is 3. The van der Waals surface area contributed by atoms with Crippen molar-refractivity contribution in [2.24, 2.45) is 0 Å². The fraction of sp³-hybridized carbons (Fsp3) is 0.208. The minimum Gasteiger partial charge on any atom is -0.281 e. The zero-order valence-electron chi connectivity index (χ0n) is 16.0. The Hall–Kier alpha value is -2.33. The average Bonchev–Trinajstić information content (AvgIpc) is 3.04. The number of para-hydroxylation sites is 1. The van der Waals surface area contributed by atoms with Gasteiger partial charge in [-0.05, 0) is 23.8 Å². The fourth-order valence-corrected chi connectivity index (χ4v) is 4.74. The lowest BCUT2D eigenvalue weighted by Crippen LogP contribution is -2.58. The molecule has 148 valence electrons. The van der Waals surface area contributed by atoms with Crippen LogP contribution in [0, 0.1) is 0 Å². The van der Waals surface area contributed by atoms with Crippen LogP contribution in [-0.4, -0.2) is 35.7 Å². The molecule has 1 heterocycles. The van der Waals surface area contributed by atoms with E-state index < -0.39 is 5.66 Å². The molecule has 1 aliphatic rings. The topological polar surface area (TPSA) is 23.6 Å². The molecular formula is C24H22Cl2N2O. The molecule has 0 radical (unpaired) electrons. The second kappa shape index (κ2) is 8.58. The van der Waals surface area contributed by atoms with Gasteiger partial charge in [0.05, 0.1) is 0 Å². The van der Waals surface area contributed by atoms with Gasteiger partial charge in [-0.15, -0.1) is 23.2 Å². The van der Waals surface area contributed by atoms with E-state index in [1.807, 2.05) is 77.7 Å². The number of carbonyl (C=O) groups is 1. The Bertz CT molecular complexity index is 974. The van der Waals surface area contributed by atoms with Crippen molar-refractivity contribution in [3.05, 3.63) is 102 Å². The standard InChI is InChI=1S/C24H22Cl2N2O/c25-15-17-27(18-16-26)24(19-9-3-1-4-10-19)22-14-8-7-13-21(22)23(29)28(24)20-11-5-2-6-12-20/h1-14H,15-18H2/t24-/m0/s1. The van der Waals surface area contributed by atoms with Crippen LogP contribution in [0.4, 0.5) is 5.69 Å². The van der Waals surface area contributed by atoms with Gasteiger partial charge in [-0.2, -0.15) is 0 Å². The molecule has 4 rings (SSSR count). The number of hydrogen-bond acceptors (Lipinski definition) is 2. The summed E-state index contributed by atoms with van der Waals surface area (Å²) in [6.45, 7) is 1.18. The molecule has 3 nitrogen and oxygen atoms in total. The normalized spacial score (nSPS) is 18.3. The first-order chi connectivity index (χ1) is 14.2. The van der Waals surface area contributed by atoms with Crippen LogP contribution >= 0.6 is 23.2 Å². The molecule has 29 heavy (non-hydrogen) atoms. The van der Waals surface area contributed by atoms with E-state index in [1.165, 1.54) is 0 Å². The van der Waals surface area contributed by atoms with Crippen molar-refractivity contribution in [1.29, 1.82) is 0 Å². The van der Waals surface area contributed by atoms with Crippen LogP contribution in [-0.2, 0) is 5.66 Å². The van der Waals surface area contributed by atoms with Gasteiger partial charge in [-0.25, -0.2) is 0 Å². The Balaban J connectivity index is 2.07. The van der Waals surface area contributed by atoms with E-state index in [4.69, 9.17) is 23.2 Å². The Morgan fingerprint density at radius 1 is 0.759 bits per heavy atom. The first-order valence-corrected chi connectivity index (χ1v) is 10.7. The summed E-state index contributed by atoms with van der Waals surface area (Å²) in [5.74, 6) is 0.847. The fourth-order valence-electron chi connectivity index (χ4n) is 4.33. The van der Waals surface area contributed by atoms with E-state index >= 15 is 0 Å². The van der Waals surface area contributed by atoms with Gasteiger partial charge in [0, 0.05) is 41.7 Å². The number of alkyl halides is 2. The number of fused-ring (bicyclic) bond motifs is 1. The second-order valence-corrected chi connectivity index (χ2v) is 7.68. The molecular weight excluding hydrogens is 403 g/mol. The summed E-state index contributed by atoms with van der Waals surface area (Å²) in [7, 11) is 0. The van der Waals surface area contributed by atoms with Crippen molar-refractivity contribution >= 4 is 34.8 Å². The monoisotopic (exact) mass is 424 g/mol. The maximum atomic E-state index is 13.7. The SMILES string of the molecule is O=C1c2ccccc2[C@@](c2ccccc2)(N(CCCl)CCCl)N1c1ccccc1. The lowest BCUT2D eigenvalue weighted by Gasteiger charge is -2.47. The number of halogens is 2. The zero-order chi connectivity index (χ0) is 20.3. The average molecular weight is 425 g/mol. The second-order valence-electron chi connectivity index (χ2n) is 6.92. The number of hydrogen-bond donors (Lipinski definition) is 0. The van der Waals surface area contributed by atoms with Crippen molar-refractivity contribution in [3.63, 3.8) is 0 Å². The summed E-state index contributed by atoms with van der Waals surface area (Å²) in [4.78, 5) is 17.8. The molecule has 1 atom stereocenters. The van der Waals surface area contributed by atoms with Gasteiger partial charge in [0.2, 0.25) is 0 Å². The summed E-state index contributed by atoms with van der Waals surface area (Å²) >= 11 is 12.5.